The first-order valence-corrected chi connectivity index (χ1v) is 63.1. The van der Waals surface area contributed by atoms with Crippen molar-refractivity contribution in [2.75, 3.05) is 0 Å². The number of nitrogens with zero attached hydrogens (tertiary/aromatic N) is 8. The van der Waals surface area contributed by atoms with Crippen LogP contribution in [0.25, 0.3) is 90.1 Å². The molecule has 0 saturated carbocycles. The van der Waals surface area contributed by atoms with Crippen LogP contribution in [0.1, 0.15) is 157 Å². The molecular weight excluding hydrogens is 2490 g/mol. The molecule has 0 saturated heterocycles. The largest absolute Gasteiger partial charge is 0.305 e. The summed E-state index contributed by atoms with van der Waals surface area (Å²) < 4.78 is 0. The van der Waals surface area contributed by atoms with Gasteiger partial charge in [0.25, 0.3) is 0 Å². The van der Waals surface area contributed by atoms with Crippen molar-refractivity contribution in [1.29, 1.82) is 0 Å². The summed E-state index contributed by atoms with van der Waals surface area (Å²) >= 11 is 0. The minimum atomic E-state index is -1.43. The maximum absolute atomic E-state index is 4.80. The summed E-state index contributed by atoms with van der Waals surface area (Å²) in [6.07, 6.45) is 30.8. The van der Waals surface area contributed by atoms with Crippen LogP contribution < -0.4 is 20.7 Å². The van der Waals surface area contributed by atoms with Gasteiger partial charge in [-0.25, -0.2) is 0 Å². The standard InChI is InChI=1S/2C21H30NSi.C20H28NSi.C19H26NSi.4C11H8N.4Ir/c1-15-11-9-10-12-17(15)19-13-18(16(2)21(3,4)5)20(14-22-19)23(6,7)8;1-6-7-8-9-13-18-15-20(19-14-11-10-12-17(19)2)22-16-21(18)23(3,4)5;1-6-7-8-12-17-14-19(18-13-10-9-11-16(18)2)21-15-20(17)22(3,4)5;1-6-7-11-16-13-18(17-12-9-8-10-15(17)2)20-14-19(16)21(3,4)5;4*1-2-6-10(7-3-1)11-8-4-5-9-12-11;;;;/h9-11,13-14,16H,1-8H3;10-12,15-16H,6-9,13H2,1-5H3;9-11,14-15H,6-8,12H2,1-5H3;8-10,13-14H,6-7,11H2,1-5H3;4*1-6,8-9H;;;;/q8*-1;;;;. The van der Waals surface area contributed by atoms with Crippen molar-refractivity contribution in [2.45, 2.75) is 238 Å². The SMILES string of the molecule is CCCCCCc1cc(-c2[c-]cccc2C)ncc1[Si](C)(C)C.CCCCCc1cc(-c2[c-]cccc2C)ncc1[Si](C)(C)C.CCCCc1cc(-c2[c-]cccc2C)ncc1[Si](C)(C)C.Cc1ccc[c-]c1-c1cc(C(C)C(C)(C)C)c([Si](C)(C)C)cn1.[Ir].[Ir].[Ir].[Ir].[c-]1ccccc1-c1ccccn1.[c-]1ccccc1-c1ccccn1.[c-]1ccccc1-c1ccccn1.[c-]1ccccc1-c1ccccn1. The van der Waals surface area contributed by atoms with Crippen LogP contribution in [0.2, 0.25) is 78.6 Å². The van der Waals surface area contributed by atoms with E-state index < -0.39 is 32.3 Å². The van der Waals surface area contributed by atoms with E-state index in [0.717, 1.165) is 96.5 Å². The van der Waals surface area contributed by atoms with Crippen LogP contribution in [0, 0.1) is 81.6 Å². The minimum Gasteiger partial charge on any atom is -0.305 e. The Balaban J connectivity index is 0.000000287. The van der Waals surface area contributed by atoms with Gasteiger partial charge in [-0.2, -0.15) is 0 Å². The average Bonchev–Trinajstić information content (AvgIpc) is 0.802. The zero-order chi connectivity index (χ0) is 98.8. The van der Waals surface area contributed by atoms with Crippen LogP contribution in [-0.2, 0) is 99.7 Å². The van der Waals surface area contributed by atoms with Crippen LogP contribution in [-0.4, -0.2) is 72.2 Å². The summed E-state index contributed by atoms with van der Waals surface area (Å²) in [6.45, 7) is 53.6. The monoisotopic (exact) mass is 2640 g/mol. The van der Waals surface area contributed by atoms with Gasteiger partial charge in [-0.1, -0.05) is 288 Å². The van der Waals surface area contributed by atoms with Crippen LogP contribution >= 0.6 is 0 Å². The van der Waals surface area contributed by atoms with Gasteiger partial charge < -0.3 is 39.9 Å². The minimum absolute atomic E-state index is 0. The van der Waals surface area contributed by atoms with E-state index >= 15 is 0 Å². The fraction of sp³-hybridized carbons (Fsp3) is 0.296. The fourth-order valence-electron chi connectivity index (χ4n) is 15.8. The predicted molar refractivity (Wildman–Crippen MR) is 596 cm³/mol. The normalized spacial score (nSPS) is 11.0. The smallest absolute Gasteiger partial charge is 0.0799 e. The Morgan fingerprint density at radius 1 is 0.255 bits per heavy atom. The molecule has 8 heterocycles. The number of rotatable bonds is 25. The van der Waals surface area contributed by atoms with Gasteiger partial charge in [0.2, 0.25) is 0 Å². The number of aromatic nitrogens is 8. The number of unbranched alkanes of at least 4 members (excludes halogenated alkanes) is 6. The molecule has 16 aromatic rings. The zero-order valence-corrected chi connectivity index (χ0v) is 101. The van der Waals surface area contributed by atoms with E-state index in [-0.39, 0.29) is 85.8 Å². The molecule has 8 nitrogen and oxygen atoms in total. The van der Waals surface area contributed by atoms with Gasteiger partial charge in [-0.3, -0.25) is 0 Å². The molecule has 0 aliphatic rings. The Morgan fingerprint density at radius 3 is 0.730 bits per heavy atom. The van der Waals surface area contributed by atoms with E-state index in [1.54, 1.807) is 24.8 Å². The average molecular weight is 2640 g/mol. The third-order valence-electron chi connectivity index (χ3n) is 23.9. The van der Waals surface area contributed by atoms with Gasteiger partial charge >= 0.3 is 0 Å². The Hall–Kier alpha value is -9.58. The molecule has 4 radical (unpaired) electrons. The van der Waals surface area contributed by atoms with Gasteiger partial charge in [-0.15, -0.1) is 285 Å². The second-order valence-electron chi connectivity index (χ2n) is 40.2. The topological polar surface area (TPSA) is 103 Å². The molecule has 1 atom stereocenters. The molecule has 141 heavy (non-hydrogen) atoms. The van der Waals surface area contributed by atoms with E-state index in [4.69, 9.17) is 19.9 Å². The molecule has 8 aromatic heterocycles. The van der Waals surface area contributed by atoms with Crippen molar-refractivity contribution in [3.8, 4) is 90.1 Å². The first kappa shape index (κ1) is 122. The number of hydrogen-bond donors (Lipinski definition) is 0. The summed E-state index contributed by atoms with van der Waals surface area (Å²) in [5, 5.41) is 6.03. The van der Waals surface area contributed by atoms with E-state index in [1.165, 1.54) is 136 Å². The van der Waals surface area contributed by atoms with E-state index in [9.17, 15) is 0 Å². The summed E-state index contributed by atoms with van der Waals surface area (Å²) in [6, 6.07) is 115. The molecule has 16 heteroatoms. The second kappa shape index (κ2) is 62.2. The van der Waals surface area contributed by atoms with Gasteiger partial charge in [0.1, 0.15) is 0 Å². The van der Waals surface area contributed by atoms with Crippen molar-refractivity contribution in [3.05, 3.63) is 410 Å². The summed E-state index contributed by atoms with van der Waals surface area (Å²) in [7, 11) is -5.47. The maximum Gasteiger partial charge on any atom is 0.0799 e. The number of pyridine rings is 8. The molecule has 16 rings (SSSR count). The molecule has 0 N–H and O–H groups in total. The molecule has 8 aromatic carbocycles. The van der Waals surface area contributed by atoms with E-state index in [1.807, 2.05) is 218 Å². The van der Waals surface area contributed by atoms with Gasteiger partial charge in [0.05, 0.1) is 32.3 Å². The molecule has 0 amide bonds. The predicted octanol–water partition coefficient (Wildman–Crippen LogP) is 31.1. The summed E-state index contributed by atoms with van der Waals surface area (Å²) in [5.74, 6) is 0.495. The Bertz CT molecular complexity index is 5770. The van der Waals surface area contributed by atoms with E-state index in [0.29, 0.717) is 5.92 Å². The molecule has 1 unspecified atom stereocenters. The molecule has 0 spiro atoms. The van der Waals surface area contributed by atoms with Gasteiger partial charge in [-0.05, 0) is 140 Å². The van der Waals surface area contributed by atoms with Crippen molar-refractivity contribution in [1.82, 2.24) is 39.9 Å². The third-order valence-corrected chi connectivity index (χ3v) is 32.2. The Kier molecular flexibility index (Phi) is 53.8. The van der Waals surface area contributed by atoms with Gasteiger partial charge in [0.15, 0.2) is 0 Å². The number of benzene rings is 8. The molecular formula is C125H146Ir4N8Si4-8. The van der Waals surface area contributed by atoms with Crippen molar-refractivity contribution in [3.63, 3.8) is 0 Å². The van der Waals surface area contributed by atoms with Crippen LogP contribution in [0.5, 0.6) is 0 Å². The van der Waals surface area contributed by atoms with E-state index in [2.05, 4.69) is 297 Å². The molecule has 0 fully saturated rings. The van der Waals surface area contributed by atoms with Crippen molar-refractivity contribution >= 4 is 53.0 Å². The quantitative estimate of drug-likeness (QED) is 0.0317. The first-order chi connectivity index (χ1) is 65.7. The Labute approximate surface area is 907 Å². The zero-order valence-electron chi connectivity index (χ0n) is 87.5. The Morgan fingerprint density at radius 2 is 0.496 bits per heavy atom. The van der Waals surface area contributed by atoms with Gasteiger partial charge in [0, 0.05) is 130 Å². The van der Waals surface area contributed by atoms with Crippen molar-refractivity contribution in [2.24, 2.45) is 5.41 Å². The van der Waals surface area contributed by atoms with Crippen LogP contribution in [0.4, 0.5) is 0 Å². The molecule has 0 aliphatic carbocycles. The summed E-state index contributed by atoms with van der Waals surface area (Å²) in [4.78, 5) is 36.0. The van der Waals surface area contributed by atoms with Crippen molar-refractivity contribution < 1.29 is 80.4 Å². The van der Waals surface area contributed by atoms with Crippen LogP contribution in [0.3, 0.4) is 0 Å². The maximum atomic E-state index is 4.80. The second-order valence-corrected chi connectivity index (χ2v) is 60.3. The van der Waals surface area contributed by atoms with Crippen LogP contribution in [0.15, 0.2) is 316 Å². The molecule has 0 aliphatic heterocycles. The first-order valence-electron chi connectivity index (χ1n) is 49.1. The summed E-state index contributed by atoms with van der Waals surface area (Å²) in [5.41, 5.74) is 28.1. The fourth-order valence-corrected chi connectivity index (χ4v) is 22.2. The number of hydrogen-bond acceptors (Lipinski definition) is 8. The molecule has 746 valence electrons. The third kappa shape index (κ3) is 40.2. The number of aryl methyl sites for hydroxylation is 7. The molecule has 0 bridgehead atoms.